The van der Waals surface area contributed by atoms with Gasteiger partial charge in [0.1, 0.15) is 11.4 Å². The summed E-state index contributed by atoms with van der Waals surface area (Å²) in [6.07, 6.45) is -1.24. The van der Waals surface area contributed by atoms with E-state index in [1.807, 2.05) is 30.3 Å². The number of carbonyl (C=O) groups is 1. The Kier molecular flexibility index (Phi) is 6.37. The Balaban J connectivity index is 0.00000256. The Morgan fingerprint density at radius 1 is 1.07 bits per heavy atom. The number of aliphatic carboxylic acids is 1. The number of rotatable bonds is 3. The number of hydrogen-bond acceptors (Lipinski definition) is 4. The summed E-state index contributed by atoms with van der Waals surface area (Å²) in [6.45, 7) is 0.946. The summed E-state index contributed by atoms with van der Waals surface area (Å²) in [5, 5.41) is 10.9. The molecule has 4 nitrogen and oxygen atoms in total. The summed E-state index contributed by atoms with van der Waals surface area (Å²) in [5.74, 6) is -0.435. The van der Waals surface area contributed by atoms with Crippen molar-refractivity contribution >= 4 is 11.5 Å². The van der Waals surface area contributed by atoms with Crippen LogP contribution in [0.5, 0.6) is 5.75 Å². The number of halogens is 3. The molecule has 0 amide bonds. The van der Waals surface area contributed by atoms with E-state index in [0.717, 1.165) is 23.3 Å². The van der Waals surface area contributed by atoms with Crippen molar-refractivity contribution in [3.8, 4) is 5.75 Å². The summed E-state index contributed by atoms with van der Waals surface area (Å²) < 4.78 is 45.1. The van der Waals surface area contributed by atoms with Crippen LogP contribution in [0.25, 0.3) is 5.57 Å². The molecule has 4 rings (SSSR count). The van der Waals surface area contributed by atoms with Gasteiger partial charge in [0.25, 0.3) is 0 Å². The molecule has 2 heterocycles. The molecule has 0 N–H and O–H groups in total. The minimum atomic E-state index is -4.38. The fourth-order valence-electron chi connectivity index (χ4n) is 3.96. The fraction of sp³-hybridized carbons (Fsp3) is 0.318. The van der Waals surface area contributed by atoms with E-state index in [9.17, 15) is 23.1 Å². The van der Waals surface area contributed by atoms with E-state index in [-0.39, 0.29) is 25.4 Å². The molecule has 1 saturated heterocycles. The van der Waals surface area contributed by atoms with Crippen LogP contribution in [0.2, 0.25) is 0 Å². The molecule has 0 saturated carbocycles. The molecule has 2 aliphatic rings. The van der Waals surface area contributed by atoms with Crippen molar-refractivity contribution in [1.82, 2.24) is 4.90 Å². The molecule has 2 aromatic carbocycles. The third-order valence-electron chi connectivity index (χ3n) is 5.48. The van der Waals surface area contributed by atoms with Gasteiger partial charge < -0.3 is 14.6 Å². The number of nitrogens with zero attached hydrogens (tertiary/aromatic N) is 1. The van der Waals surface area contributed by atoms with E-state index in [0.29, 0.717) is 37.2 Å². The first-order valence-corrected chi connectivity index (χ1v) is 9.37. The number of likely N-dealkylation sites (tertiary alicyclic amines) is 1. The predicted octanol–water partition coefficient (Wildman–Crippen LogP) is 0.118. The minimum absolute atomic E-state index is 0. The van der Waals surface area contributed by atoms with Crippen LogP contribution in [-0.2, 0) is 11.0 Å². The predicted molar refractivity (Wildman–Crippen MR) is 99.0 cm³/mol. The molecule has 0 aromatic heterocycles. The maximum Gasteiger partial charge on any atom is 1.00 e. The van der Waals surface area contributed by atoms with Gasteiger partial charge in [-0.05, 0) is 35.4 Å². The van der Waals surface area contributed by atoms with Gasteiger partial charge in [0, 0.05) is 38.0 Å². The zero-order valence-corrected chi connectivity index (χ0v) is 16.5. The Labute approximate surface area is 184 Å². The van der Waals surface area contributed by atoms with Crippen molar-refractivity contribution < 1.29 is 46.7 Å². The van der Waals surface area contributed by atoms with Crippen molar-refractivity contribution in [3.05, 3.63) is 71.3 Å². The molecule has 1 spiro atoms. The second-order valence-corrected chi connectivity index (χ2v) is 7.44. The molecule has 0 atom stereocenters. The molecule has 0 aliphatic carbocycles. The SMILES string of the molecule is O=C([O-])CN1CCC2(C=C(c3ccc(C(F)(F)F)cc3)c3ccccc3O2)CC1.[Li+]. The summed E-state index contributed by atoms with van der Waals surface area (Å²) in [4.78, 5) is 12.7. The van der Waals surface area contributed by atoms with Crippen LogP contribution in [0.15, 0.2) is 54.6 Å². The van der Waals surface area contributed by atoms with Crippen LogP contribution < -0.4 is 28.7 Å². The summed E-state index contributed by atoms with van der Waals surface area (Å²) in [5.41, 5.74) is 1.04. The van der Waals surface area contributed by atoms with Crippen LogP contribution in [0.3, 0.4) is 0 Å². The third-order valence-corrected chi connectivity index (χ3v) is 5.48. The van der Waals surface area contributed by atoms with Crippen molar-refractivity contribution in [2.24, 2.45) is 0 Å². The van der Waals surface area contributed by atoms with Gasteiger partial charge >= 0.3 is 25.0 Å². The van der Waals surface area contributed by atoms with Crippen LogP contribution in [-0.4, -0.2) is 36.1 Å². The van der Waals surface area contributed by atoms with Gasteiger partial charge in [0.15, 0.2) is 0 Å². The van der Waals surface area contributed by atoms with Gasteiger partial charge in [-0.25, -0.2) is 0 Å². The summed E-state index contributed by atoms with van der Waals surface area (Å²) in [6, 6.07) is 12.6. The molecule has 0 radical (unpaired) electrons. The first-order chi connectivity index (χ1) is 13.8. The van der Waals surface area contributed by atoms with Crippen LogP contribution >= 0.6 is 0 Å². The number of hydrogen-bond donors (Lipinski definition) is 0. The first kappa shape index (κ1) is 22.5. The average molecular weight is 409 g/mol. The zero-order valence-electron chi connectivity index (χ0n) is 16.5. The van der Waals surface area contributed by atoms with E-state index in [2.05, 4.69) is 0 Å². The molecule has 30 heavy (non-hydrogen) atoms. The molecule has 0 unspecified atom stereocenters. The number of carboxylic acid groups (broad SMARTS) is 1. The monoisotopic (exact) mass is 409 g/mol. The van der Waals surface area contributed by atoms with E-state index in [4.69, 9.17) is 4.74 Å². The molecule has 2 aromatic rings. The summed E-state index contributed by atoms with van der Waals surface area (Å²) in [7, 11) is 0. The number of carbonyl (C=O) groups excluding carboxylic acids is 1. The standard InChI is InChI=1S/C22H20F3NO3.Li/c23-22(24,25)16-7-5-15(6-8-16)18-13-21(29-19-4-2-1-3-17(18)19)9-11-26(12-10-21)14-20(27)28;/h1-8,13H,9-12,14H2,(H,27,28);/q;+1/p-1. The van der Waals surface area contributed by atoms with E-state index in [1.165, 1.54) is 12.1 Å². The van der Waals surface area contributed by atoms with Crippen molar-refractivity contribution in [1.29, 1.82) is 0 Å². The molecule has 8 heteroatoms. The number of ether oxygens (including phenoxy) is 1. The Morgan fingerprint density at radius 2 is 1.70 bits per heavy atom. The van der Waals surface area contributed by atoms with Crippen molar-refractivity contribution in [2.45, 2.75) is 24.6 Å². The van der Waals surface area contributed by atoms with Crippen molar-refractivity contribution in [3.63, 3.8) is 0 Å². The first-order valence-electron chi connectivity index (χ1n) is 9.37. The molecule has 1 fully saturated rings. The number of para-hydroxylation sites is 1. The number of benzene rings is 2. The van der Waals surface area contributed by atoms with E-state index < -0.39 is 23.3 Å². The van der Waals surface area contributed by atoms with Gasteiger partial charge in [-0.15, -0.1) is 0 Å². The van der Waals surface area contributed by atoms with Crippen LogP contribution in [0.4, 0.5) is 13.2 Å². The third kappa shape index (κ3) is 4.59. The van der Waals surface area contributed by atoms with E-state index in [1.54, 1.807) is 4.90 Å². The maximum absolute atomic E-state index is 12.9. The molecular weight excluding hydrogens is 390 g/mol. The second kappa shape index (κ2) is 8.50. The number of piperidine rings is 1. The molecule has 0 bridgehead atoms. The van der Waals surface area contributed by atoms with Gasteiger partial charge in [0.2, 0.25) is 0 Å². The van der Waals surface area contributed by atoms with Gasteiger partial charge in [0.05, 0.1) is 11.5 Å². The minimum Gasteiger partial charge on any atom is -0.549 e. The van der Waals surface area contributed by atoms with Gasteiger partial charge in [-0.3, -0.25) is 4.90 Å². The number of carboxylic acids is 1. The zero-order chi connectivity index (χ0) is 20.6. The second-order valence-electron chi connectivity index (χ2n) is 7.44. The Bertz CT molecular complexity index is 949. The normalized spacial score (nSPS) is 18.0. The van der Waals surface area contributed by atoms with Crippen LogP contribution in [0.1, 0.15) is 29.5 Å². The number of alkyl halides is 3. The topological polar surface area (TPSA) is 52.6 Å². The van der Waals surface area contributed by atoms with Gasteiger partial charge in [-0.2, -0.15) is 13.2 Å². The molecule has 152 valence electrons. The van der Waals surface area contributed by atoms with E-state index >= 15 is 0 Å². The summed E-state index contributed by atoms with van der Waals surface area (Å²) >= 11 is 0. The quantitative estimate of drug-likeness (QED) is 0.676. The number of fused-ring (bicyclic) bond motifs is 1. The average Bonchev–Trinajstić information content (AvgIpc) is 2.68. The Morgan fingerprint density at radius 3 is 2.30 bits per heavy atom. The van der Waals surface area contributed by atoms with Gasteiger partial charge in [-0.1, -0.05) is 30.3 Å². The maximum atomic E-state index is 12.9. The largest absolute Gasteiger partial charge is 1.00 e. The van der Waals surface area contributed by atoms with Crippen molar-refractivity contribution in [2.75, 3.05) is 19.6 Å². The molecule has 2 aliphatic heterocycles. The van der Waals surface area contributed by atoms with Crippen LogP contribution in [0, 0.1) is 0 Å². The molecular formula is C22H19F3LiNO3. The fourth-order valence-corrected chi connectivity index (χ4v) is 3.96. The Hall–Kier alpha value is -2.20. The smallest absolute Gasteiger partial charge is 0.549 e.